The van der Waals surface area contributed by atoms with E-state index in [-0.39, 0.29) is 42.5 Å². The minimum absolute atomic E-state index is 0.00379. The Bertz CT molecular complexity index is 978. The smallest absolute Gasteiger partial charge is 0.270 e. The molecule has 2 heterocycles. The van der Waals surface area contributed by atoms with E-state index in [2.05, 4.69) is 10.4 Å². The zero-order chi connectivity index (χ0) is 21.2. The lowest BCUT2D eigenvalue weighted by atomic mass is 10.1. The summed E-state index contributed by atoms with van der Waals surface area (Å²) < 4.78 is 23.4. The predicted molar refractivity (Wildman–Crippen MR) is 108 cm³/mol. The molecule has 0 saturated carbocycles. The average molecular weight is 441 g/mol. The Morgan fingerprint density at radius 3 is 2.76 bits per heavy atom. The Kier molecular flexibility index (Phi) is 6.23. The Labute approximate surface area is 173 Å². The van der Waals surface area contributed by atoms with Crippen molar-refractivity contribution in [3.63, 3.8) is 0 Å². The Morgan fingerprint density at radius 1 is 1.34 bits per heavy atom. The molecule has 9 nitrogen and oxygen atoms in total. The number of anilines is 1. The van der Waals surface area contributed by atoms with Crippen molar-refractivity contribution in [3.05, 3.63) is 29.3 Å². The van der Waals surface area contributed by atoms with Crippen LogP contribution in [-0.4, -0.2) is 72.9 Å². The molecule has 1 fully saturated rings. The number of amides is 3. The third-order valence-electron chi connectivity index (χ3n) is 4.70. The maximum atomic E-state index is 12.7. The van der Waals surface area contributed by atoms with E-state index in [1.54, 1.807) is 24.3 Å². The monoisotopic (exact) mass is 440 g/mol. The van der Waals surface area contributed by atoms with Crippen LogP contribution in [0.25, 0.3) is 0 Å². The zero-order valence-electron chi connectivity index (χ0n) is 15.8. The minimum atomic E-state index is -3.19. The van der Waals surface area contributed by atoms with Crippen molar-refractivity contribution in [2.45, 2.75) is 25.3 Å². The van der Waals surface area contributed by atoms with Crippen LogP contribution in [0.15, 0.2) is 29.4 Å². The summed E-state index contributed by atoms with van der Waals surface area (Å²) in [4.78, 5) is 38.2. The molecule has 1 unspecified atom stereocenters. The average Bonchev–Trinajstić information content (AvgIpc) is 3.01. The van der Waals surface area contributed by atoms with Crippen molar-refractivity contribution in [2.24, 2.45) is 5.10 Å². The number of rotatable bonds is 5. The fourth-order valence-electron chi connectivity index (χ4n) is 3.25. The van der Waals surface area contributed by atoms with Gasteiger partial charge in [0, 0.05) is 30.6 Å². The summed E-state index contributed by atoms with van der Waals surface area (Å²) in [6, 6.07) is 6.09. The summed E-state index contributed by atoms with van der Waals surface area (Å²) in [6.07, 6.45) is 0.522. The van der Waals surface area contributed by atoms with Crippen LogP contribution in [0.4, 0.5) is 5.69 Å². The molecule has 1 atom stereocenters. The molecule has 1 aromatic rings. The Morgan fingerprint density at radius 2 is 2.10 bits per heavy atom. The van der Waals surface area contributed by atoms with E-state index in [9.17, 15) is 22.8 Å². The molecule has 2 aliphatic heterocycles. The zero-order valence-corrected chi connectivity index (χ0v) is 17.4. The highest BCUT2D eigenvalue weighted by Crippen LogP contribution is 2.22. The van der Waals surface area contributed by atoms with Crippen molar-refractivity contribution >= 4 is 50.6 Å². The van der Waals surface area contributed by atoms with Crippen LogP contribution in [0, 0.1) is 0 Å². The first kappa shape index (κ1) is 21.3. The second-order valence-corrected chi connectivity index (χ2v) is 9.73. The first-order valence-electron chi connectivity index (χ1n) is 9.05. The third kappa shape index (κ3) is 5.33. The van der Waals surface area contributed by atoms with Crippen molar-refractivity contribution in [1.82, 2.24) is 9.91 Å². The topological polar surface area (TPSA) is 116 Å². The standard InChI is InChI=1S/C18H21ClN4O5S/c1-22(10-16(24)20-13-4-2-3-12(19)9-13)18(26)15-5-6-17(25)23(21-15)14-7-8-29(27,28)11-14/h2-4,9,14H,5-8,10-11H2,1H3,(H,20,24). The summed E-state index contributed by atoms with van der Waals surface area (Å²) in [6.45, 7) is -0.212. The fourth-order valence-corrected chi connectivity index (χ4v) is 5.14. The van der Waals surface area contributed by atoms with E-state index in [1.807, 2.05) is 0 Å². The molecule has 3 rings (SSSR count). The lowest BCUT2D eigenvalue weighted by Crippen LogP contribution is -2.45. The summed E-state index contributed by atoms with van der Waals surface area (Å²) >= 11 is 5.88. The lowest BCUT2D eigenvalue weighted by molar-refractivity contribution is -0.134. The van der Waals surface area contributed by atoms with Gasteiger partial charge >= 0.3 is 0 Å². The van der Waals surface area contributed by atoms with Gasteiger partial charge in [0.1, 0.15) is 5.71 Å². The van der Waals surface area contributed by atoms with Crippen molar-refractivity contribution in [2.75, 3.05) is 30.4 Å². The number of likely N-dealkylation sites (N-methyl/N-ethyl adjacent to an activating group) is 1. The van der Waals surface area contributed by atoms with Gasteiger partial charge in [-0.15, -0.1) is 0 Å². The van der Waals surface area contributed by atoms with Crippen molar-refractivity contribution in [1.29, 1.82) is 0 Å². The molecule has 1 N–H and O–H groups in total. The number of nitrogens with one attached hydrogen (secondary N) is 1. The van der Waals surface area contributed by atoms with Crippen LogP contribution in [-0.2, 0) is 24.2 Å². The van der Waals surface area contributed by atoms with E-state index in [1.165, 1.54) is 11.9 Å². The van der Waals surface area contributed by atoms with Gasteiger partial charge in [0.25, 0.3) is 5.91 Å². The summed E-state index contributed by atoms with van der Waals surface area (Å²) in [5.74, 6) is -1.34. The van der Waals surface area contributed by atoms with Gasteiger partial charge in [-0.1, -0.05) is 17.7 Å². The van der Waals surface area contributed by atoms with Gasteiger partial charge in [-0.05, 0) is 24.6 Å². The van der Waals surface area contributed by atoms with E-state index in [0.29, 0.717) is 17.1 Å². The number of nitrogens with zero attached hydrogens (tertiary/aromatic N) is 3. The third-order valence-corrected chi connectivity index (χ3v) is 6.68. The molecule has 29 heavy (non-hydrogen) atoms. The molecule has 0 spiro atoms. The molecule has 156 valence electrons. The van der Waals surface area contributed by atoms with Gasteiger partial charge in [0.05, 0.1) is 24.1 Å². The molecule has 0 bridgehead atoms. The van der Waals surface area contributed by atoms with E-state index >= 15 is 0 Å². The number of halogens is 1. The van der Waals surface area contributed by atoms with E-state index in [0.717, 1.165) is 5.01 Å². The number of benzene rings is 1. The maximum Gasteiger partial charge on any atom is 0.270 e. The summed E-state index contributed by atoms with van der Waals surface area (Å²) in [5, 5.41) is 8.38. The molecule has 0 aliphatic carbocycles. The number of hydrogen-bond acceptors (Lipinski definition) is 6. The summed E-state index contributed by atoms with van der Waals surface area (Å²) in [5.41, 5.74) is 0.643. The fraction of sp³-hybridized carbons (Fsp3) is 0.444. The number of carbonyl (C=O) groups is 3. The van der Waals surface area contributed by atoms with Crippen LogP contribution < -0.4 is 5.32 Å². The molecule has 1 aromatic carbocycles. The van der Waals surface area contributed by atoms with Crippen molar-refractivity contribution in [3.8, 4) is 0 Å². The first-order valence-corrected chi connectivity index (χ1v) is 11.3. The number of carbonyl (C=O) groups excluding carboxylic acids is 3. The Hall–Kier alpha value is -2.46. The highest BCUT2D eigenvalue weighted by Gasteiger charge is 2.37. The van der Waals surface area contributed by atoms with Gasteiger partial charge in [-0.3, -0.25) is 14.4 Å². The summed E-state index contributed by atoms with van der Waals surface area (Å²) in [7, 11) is -1.73. The molecule has 11 heteroatoms. The molecular formula is C18H21ClN4O5S. The van der Waals surface area contributed by atoms with Crippen molar-refractivity contribution < 1.29 is 22.8 Å². The van der Waals surface area contributed by atoms with Crippen LogP contribution >= 0.6 is 11.6 Å². The molecule has 1 saturated heterocycles. The van der Waals surface area contributed by atoms with Crippen LogP contribution in [0.2, 0.25) is 5.02 Å². The molecule has 2 aliphatic rings. The minimum Gasteiger partial charge on any atom is -0.331 e. The highest BCUT2D eigenvalue weighted by atomic mass is 35.5. The molecular weight excluding hydrogens is 420 g/mol. The van der Waals surface area contributed by atoms with Crippen LogP contribution in [0.1, 0.15) is 19.3 Å². The molecule has 0 aromatic heterocycles. The van der Waals surface area contributed by atoms with Gasteiger partial charge in [0.2, 0.25) is 11.8 Å². The highest BCUT2D eigenvalue weighted by molar-refractivity contribution is 7.91. The quantitative estimate of drug-likeness (QED) is 0.730. The van der Waals surface area contributed by atoms with Gasteiger partial charge in [-0.25, -0.2) is 13.4 Å². The first-order chi connectivity index (χ1) is 13.6. The second-order valence-electron chi connectivity index (χ2n) is 7.06. The van der Waals surface area contributed by atoms with Crippen LogP contribution in [0.5, 0.6) is 0 Å². The second kappa shape index (κ2) is 8.50. The molecule has 0 radical (unpaired) electrons. The number of sulfone groups is 1. The van der Waals surface area contributed by atoms with E-state index < -0.39 is 27.7 Å². The largest absolute Gasteiger partial charge is 0.331 e. The molecule has 3 amide bonds. The van der Waals surface area contributed by atoms with Gasteiger partial charge in [0.15, 0.2) is 9.84 Å². The maximum absolute atomic E-state index is 12.7. The number of hydrazone groups is 1. The van der Waals surface area contributed by atoms with E-state index in [4.69, 9.17) is 11.6 Å². The lowest BCUT2D eigenvalue weighted by Gasteiger charge is -2.28. The van der Waals surface area contributed by atoms with Gasteiger partial charge < -0.3 is 10.2 Å². The van der Waals surface area contributed by atoms with Crippen LogP contribution in [0.3, 0.4) is 0 Å². The predicted octanol–water partition coefficient (Wildman–Crippen LogP) is 0.902. The van der Waals surface area contributed by atoms with Gasteiger partial charge in [-0.2, -0.15) is 5.10 Å². The number of hydrogen-bond donors (Lipinski definition) is 1. The normalized spacial score (nSPS) is 20.9. The SMILES string of the molecule is CN(CC(=O)Nc1cccc(Cl)c1)C(=O)C1=NN(C2CCS(=O)(=O)C2)C(=O)CC1. The Balaban J connectivity index is 1.64.